The van der Waals surface area contributed by atoms with Crippen molar-refractivity contribution in [3.63, 3.8) is 0 Å². The molecule has 20 heavy (non-hydrogen) atoms. The van der Waals surface area contributed by atoms with Crippen LogP contribution in [0.5, 0.6) is 0 Å². The molecule has 1 aromatic heterocycles. The Labute approximate surface area is 122 Å². The lowest BCUT2D eigenvalue weighted by atomic mass is 10.2. The Kier molecular flexibility index (Phi) is 6.51. The second-order valence-corrected chi connectivity index (χ2v) is 4.31. The third-order valence-corrected chi connectivity index (χ3v) is 2.71. The van der Waals surface area contributed by atoms with Crippen LogP contribution in [0.1, 0.15) is 29.0 Å². The molecule has 0 aliphatic heterocycles. The van der Waals surface area contributed by atoms with E-state index in [1.807, 2.05) is 0 Å². The number of furan rings is 1. The lowest BCUT2D eigenvalue weighted by Crippen LogP contribution is -2.47. The molecule has 0 saturated carbocycles. The zero-order valence-electron chi connectivity index (χ0n) is 11.3. The molecule has 1 aromatic rings. The standard InChI is InChI=1S/C12H17N3O4S/c1-8-9(5-7-19-8)11(17)14-15-12(20)13-6-3-4-10(16)18-2/h5,7H,3-4,6H2,1-2H3,(H,14,17)(H2,13,15,20). The van der Waals surface area contributed by atoms with E-state index in [4.69, 9.17) is 16.6 Å². The van der Waals surface area contributed by atoms with E-state index in [1.165, 1.54) is 13.4 Å². The van der Waals surface area contributed by atoms with E-state index in [9.17, 15) is 9.59 Å². The fourth-order valence-electron chi connectivity index (χ4n) is 1.38. The molecule has 1 rings (SSSR count). The molecule has 7 nitrogen and oxygen atoms in total. The van der Waals surface area contributed by atoms with Crippen LogP contribution in [0.3, 0.4) is 0 Å². The van der Waals surface area contributed by atoms with Crippen LogP contribution in [0.2, 0.25) is 0 Å². The minimum Gasteiger partial charge on any atom is -0.469 e. The van der Waals surface area contributed by atoms with E-state index in [-0.39, 0.29) is 17.0 Å². The van der Waals surface area contributed by atoms with Gasteiger partial charge in [0.2, 0.25) is 0 Å². The number of esters is 1. The number of amides is 1. The molecule has 0 radical (unpaired) electrons. The average molecular weight is 299 g/mol. The maximum absolute atomic E-state index is 11.7. The number of carbonyl (C=O) groups is 2. The van der Waals surface area contributed by atoms with E-state index in [1.54, 1.807) is 13.0 Å². The number of hydrogen-bond acceptors (Lipinski definition) is 5. The molecule has 0 unspecified atom stereocenters. The van der Waals surface area contributed by atoms with Crippen molar-refractivity contribution >= 4 is 29.2 Å². The molecule has 0 aromatic carbocycles. The van der Waals surface area contributed by atoms with Crippen molar-refractivity contribution in [3.05, 3.63) is 23.7 Å². The van der Waals surface area contributed by atoms with Crippen LogP contribution in [-0.2, 0) is 9.53 Å². The molecule has 0 aliphatic rings. The van der Waals surface area contributed by atoms with Crippen molar-refractivity contribution in [1.29, 1.82) is 0 Å². The molecule has 0 bridgehead atoms. The van der Waals surface area contributed by atoms with Gasteiger partial charge >= 0.3 is 5.97 Å². The maximum Gasteiger partial charge on any atom is 0.305 e. The highest BCUT2D eigenvalue weighted by Crippen LogP contribution is 2.07. The van der Waals surface area contributed by atoms with Crippen molar-refractivity contribution in [3.8, 4) is 0 Å². The van der Waals surface area contributed by atoms with Crippen LogP contribution in [0.25, 0.3) is 0 Å². The third kappa shape index (κ3) is 5.27. The Bertz CT molecular complexity index is 487. The minimum atomic E-state index is -0.338. The summed E-state index contributed by atoms with van der Waals surface area (Å²) in [6.45, 7) is 2.19. The van der Waals surface area contributed by atoms with Gasteiger partial charge in [0.25, 0.3) is 5.91 Å². The fourth-order valence-corrected chi connectivity index (χ4v) is 1.54. The van der Waals surface area contributed by atoms with Gasteiger partial charge in [-0.15, -0.1) is 0 Å². The fraction of sp³-hybridized carbons (Fsp3) is 0.417. The molecule has 110 valence electrons. The molecule has 3 N–H and O–H groups in total. The number of nitrogens with one attached hydrogen (secondary N) is 3. The normalized spacial score (nSPS) is 9.70. The van der Waals surface area contributed by atoms with E-state index in [0.717, 1.165) is 0 Å². The van der Waals surface area contributed by atoms with Crippen molar-refractivity contribution < 1.29 is 18.7 Å². The van der Waals surface area contributed by atoms with Gasteiger partial charge in [0.15, 0.2) is 5.11 Å². The summed E-state index contributed by atoms with van der Waals surface area (Å²) in [4.78, 5) is 22.6. The largest absolute Gasteiger partial charge is 0.469 e. The first-order valence-corrected chi connectivity index (χ1v) is 6.40. The first-order chi connectivity index (χ1) is 9.54. The lowest BCUT2D eigenvalue weighted by Gasteiger charge is -2.10. The molecule has 0 saturated heterocycles. The maximum atomic E-state index is 11.7. The molecule has 0 fully saturated rings. The Hall–Kier alpha value is -2.09. The van der Waals surface area contributed by atoms with Crippen molar-refractivity contribution in [2.75, 3.05) is 13.7 Å². The summed E-state index contributed by atoms with van der Waals surface area (Å²) in [5.74, 6) is -0.0781. The van der Waals surface area contributed by atoms with Gasteiger partial charge in [-0.25, -0.2) is 0 Å². The number of rotatable bonds is 5. The number of hydrazine groups is 1. The quantitative estimate of drug-likeness (QED) is 0.318. The molecular weight excluding hydrogens is 282 g/mol. The monoisotopic (exact) mass is 299 g/mol. The minimum absolute atomic E-state index is 0.268. The zero-order chi connectivity index (χ0) is 15.0. The van der Waals surface area contributed by atoms with Crippen molar-refractivity contribution in [2.45, 2.75) is 19.8 Å². The van der Waals surface area contributed by atoms with Crippen molar-refractivity contribution in [1.82, 2.24) is 16.2 Å². The van der Waals surface area contributed by atoms with Gasteiger partial charge in [-0.05, 0) is 31.6 Å². The van der Waals surface area contributed by atoms with Crippen LogP contribution in [0.15, 0.2) is 16.7 Å². The van der Waals surface area contributed by atoms with Gasteiger partial charge in [-0.2, -0.15) is 0 Å². The molecule has 0 aliphatic carbocycles. The van der Waals surface area contributed by atoms with Gasteiger partial charge in [0, 0.05) is 13.0 Å². The zero-order valence-corrected chi connectivity index (χ0v) is 12.1. The molecule has 1 heterocycles. The SMILES string of the molecule is COC(=O)CCCNC(=S)NNC(=O)c1ccoc1C. The summed E-state index contributed by atoms with van der Waals surface area (Å²) in [5.41, 5.74) is 5.44. The topological polar surface area (TPSA) is 92.6 Å². The third-order valence-electron chi connectivity index (χ3n) is 2.46. The van der Waals surface area contributed by atoms with Crippen LogP contribution < -0.4 is 16.2 Å². The van der Waals surface area contributed by atoms with Crippen LogP contribution in [0.4, 0.5) is 0 Å². The van der Waals surface area contributed by atoms with Gasteiger partial charge in [-0.3, -0.25) is 20.4 Å². The predicted octanol–water partition coefficient (Wildman–Crippen LogP) is 0.650. The first kappa shape index (κ1) is 16.0. The van der Waals surface area contributed by atoms with E-state index in [0.29, 0.717) is 30.7 Å². The number of thiocarbonyl (C=S) groups is 1. The Balaban J connectivity index is 2.19. The summed E-state index contributed by atoms with van der Waals surface area (Å²) < 4.78 is 9.53. The number of hydrogen-bond donors (Lipinski definition) is 3. The highest BCUT2D eigenvalue weighted by molar-refractivity contribution is 7.80. The second-order valence-electron chi connectivity index (χ2n) is 3.91. The van der Waals surface area contributed by atoms with E-state index < -0.39 is 0 Å². The van der Waals surface area contributed by atoms with Gasteiger partial charge < -0.3 is 14.5 Å². The molecule has 0 atom stereocenters. The molecular formula is C12H17N3O4S. The lowest BCUT2D eigenvalue weighted by molar-refractivity contribution is -0.140. The first-order valence-electron chi connectivity index (χ1n) is 5.99. The summed E-state index contributed by atoms with van der Waals surface area (Å²) in [6.07, 6.45) is 2.34. The average Bonchev–Trinajstić information content (AvgIpc) is 2.86. The van der Waals surface area contributed by atoms with Gasteiger partial charge in [0.05, 0.1) is 18.9 Å². The Morgan fingerprint density at radius 2 is 2.15 bits per heavy atom. The van der Waals surface area contributed by atoms with Gasteiger partial charge in [-0.1, -0.05) is 0 Å². The van der Waals surface area contributed by atoms with E-state index >= 15 is 0 Å². The number of carbonyl (C=O) groups excluding carboxylic acids is 2. The highest BCUT2D eigenvalue weighted by Gasteiger charge is 2.10. The Morgan fingerprint density at radius 1 is 1.40 bits per heavy atom. The summed E-state index contributed by atoms with van der Waals surface area (Å²) in [5, 5.41) is 3.12. The Morgan fingerprint density at radius 3 is 2.75 bits per heavy atom. The summed E-state index contributed by atoms with van der Waals surface area (Å²) in [7, 11) is 1.34. The second kappa shape index (κ2) is 8.16. The molecule has 8 heteroatoms. The summed E-state index contributed by atoms with van der Waals surface area (Å²) >= 11 is 4.97. The smallest absolute Gasteiger partial charge is 0.305 e. The van der Waals surface area contributed by atoms with Crippen LogP contribution in [0, 0.1) is 6.92 Å². The van der Waals surface area contributed by atoms with E-state index in [2.05, 4.69) is 20.9 Å². The van der Waals surface area contributed by atoms with Crippen molar-refractivity contribution in [2.24, 2.45) is 0 Å². The van der Waals surface area contributed by atoms with Crippen LogP contribution in [-0.4, -0.2) is 30.6 Å². The number of aryl methyl sites for hydroxylation is 1. The van der Waals surface area contributed by atoms with Crippen LogP contribution >= 0.6 is 12.2 Å². The highest BCUT2D eigenvalue weighted by atomic mass is 32.1. The molecule has 0 spiro atoms. The van der Waals surface area contributed by atoms with Gasteiger partial charge in [0.1, 0.15) is 5.76 Å². The predicted molar refractivity (Wildman–Crippen MR) is 75.9 cm³/mol. The molecule has 1 amide bonds. The summed E-state index contributed by atoms with van der Waals surface area (Å²) in [6, 6.07) is 1.57. The number of methoxy groups -OCH3 is 1. The number of ether oxygens (including phenoxy) is 1.